The van der Waals surface area contributed by atoms with Crippen molar-refractivity contribution in [2.75, 3.05) is 31.4 Å². The number of ether oxygens (including phenoxy) is 2. The smallest absolute Gasteiger partial charge is 0.226 e. The molecule has 2 aromatic rings. The molecule has 0 radical (unpaired) electrons. The van der Waals surface area contributed by atoms with E-state index in [-0.39, 0.29) is 5.91 Å². The number of amides is 1. The van der Waals surface area contributed by atoms with E-state index in [9.17, 15) is 4.79 Å². The van der Waals surface area contributed by atoms with Crippen molar-refractivity contribution in [3.8, 4) is 11.5 Å². The average Bonchev–Trinajstić information content (AvgIpc) is 2.57. The Morgan fingerprint density at radius 3 is 2.58 bits per heavy atom. The monoisotopic (exact) mass is 348 g/mol. The zero-order valence-corrected chi connectivity index (χ0v) is 14.7. The quantitative estimate of drug-likeness (QED) is 0.790. The van der Waals surface area contributed by atoms with Gasteiger partial charge in [-0.2, -0.15) is 0 Å². The minimum atomic E-state index is -0.117. The summed E-state index contributed by atoms with van der Waals surface area (Å²) in [6.07, 6.45) is 0.312. The minimum absolute atomic E-state index is 0.117. The summed E-state index contributed by atoms with van der Waals surface area (Å²) in [4.78, 5) is 12.1. The third-order valence-corrected chi connectivity index (χ3v) is 3.78. The van der Waals surface area contributed by atoms with Gasteiger partial charge in [-0.1, -0.05) is 17.7 Å². The maximum Gasteiger partial charge on any atom is 0.226 e. The molecular weight excluding hydrogens is 328 g/mol. The van der Waals surface area contributed by atoms with Gasteiger partial charge in [-0.25, -0.2) is 0 Å². The third-order valence-electron chi connectivity index (χ3n) is 3.55. The fraction of sp³-hybridized carbons (Fsp3) is 0.278. The van der Waals surface area contributed by atoms with Crippen LogP contribution in [0.15, 0.2) is 36.4 Å². The first-order valence-corrected chi connectivity index (χ1v) is 7.93. The number of aryl methyl sites for hydroxylation is 1. The van der Waals surface area contributed by atoms with Crippen molar-refractivity contribution in [3.63, 3.8) is 0 Å². The normalized spacial score (nSPS) is 10.2. The predicted octanol–water partition coefficient (Wildman–Crippen LogP) is 4.11. The Hall–Kier alpha value is -2.40. The summed E-state index contributed by atoms with van der Waals surface area (Å²) in [5, 5.41) is 6.72. The number of rotatable bonds is 7. The van der Waals surface area contributed by atoms with Crippen LogP contribution >= 0.6 is 11.6 Å². The van der Waals surface area contributed by atoms with Crippen molar-refractivity contribution >= 4 is 28.9 Å². The Morgan fingerprint density at radius 1 is 1.08 bits per heavy atom. The van der Waals surface area contributed by atoms with Crippen LogP contribution in [0.25, 0.3) is 0 Å². The van der Waals surface area contributed by atoms with Crippen molar-refractivity contribution in [2.45, 2.75) is 13.3 Å². The summed E-state index contributed by atoms with van der Waals surface area (Å²) < 4.78 is 10.4. The number of hydrogen-bond donors (Lipinski definition) is 2. The molecule has 0 bridgehead atoms. The first-order valence-electron chi connectivity index (χ1n) is 7.55. The van der Waals surface area contributed by atoms with Crippen molar-refractivity contribution in [1.82, 2.24) is 0 Å². The number of benzene rings is 2. The van der Waals surface area contributed by atoms with E-state index < -0.39 is 0 Å². The molecule has 0 aliphatic heterocycles. The largest absolute Gasteiger partial charge is 0.497 e. The highest BCUT2D eigenvalue weighted by Crippen LogP contribution is 2.29. The van der Waals surface area contributed by atoms with Gasteiger partial charge in [-0.05, 0) is 36.8 Å². The summed E-state index contributed by atoms with van der Waals surface area (Å²) >= 11 is 5.98. The average molecular weight is 349 g/mol. The molecule has 1 amide bonds. The van der Waals surface area contributed by atoms with Crippen molar-refractivity contribution < 1.29 is 14.3 Å². The van der Waals surface area contributed by atoms with Crippen molar-refractivity contribution in [1.29, 1.82) is 0 Å². The van der Waals surface area contributed by atoms with Gasteiger partial charge in [0, 0.05) is 29.7 Å². The van der Waals surface area contributed by atoms with Gasteiger partial charge in [0.2, 0.25) is 5.91 Å². The molecule has 0 unspecified atom stereocenters. The second kappa shape index (κ2) is 8.45. The fourth-order valence-electron chi connectivity index (χ4n) is 2.22. The molecule has 0 atom stereocenters. The predicted molar refractivity (Wildman–Crippen MR) is 97.5 cm³/mol. The lowest BCUT2D eigenvalue weighted by molar-refractivity contribution is -0.116. The lowest BCUT2D eigenvalue weighted by Crippen LogP contribution is -2.17. The topological polar surface area (TPSA) is 59.6 Å². The van der Waals surface area contributed by atoms with E-state index in [4.69, 9.17) is 21.1 Å². The van der Waals surface area contributed by atoms with E-state index in [0.29, 0.717) is 35.2 Å². The minimum Gasteiger partial charge on any atom is -0.497 e. The lowest BCUT2D eigenvalue weighted by Gasteiger charge is -2.13. The molecule has 6 heteroatoms. The summed E-state index contributed by atoms with van der Waals surface area (Å²) in [6.45, 7) is 2.49. The van der Waals surface area contributed by atoms with E-state index >= 15 is 0 Å². The summed E-state index contributed by atoms with van der Waals surface area (Å²) in [6, 6.07) is 10.9. The number of carbonyl (C=O) groups is 1. The van der Waals surface area contributed by atoms with Crippen LogP contribution in [0, 0.1) is 6.92 Å². The second-order valence-electron chi connectivity index (χ2n) is 5.25. The molecule has 0 aliphatic rings. The molecule has 128 valence electrons. The van der Waals surface area contributed by atoms with Crippen LogP contribution in [0.1, 0.15) is 12.0 Å². The first-order chi connectivity index (χ1) is 11.5. The first kappa shape index (κ1) is 17.9. The highest BCUT2D eigenvalue weighted by atomic mass is 35.5. The maximum atomic E-state index is 12.1. The molecule has 0 aromatic heterocycles. The Labute approximate surface area is 146 Å². The van der Waals surface area contributed by atoms with Crippen LogP contribution in [0.3, 0.4) is 0 Å². The number of methoxy groups -OCH3 is 2. The van der Waals surface area contributed by atoms with Gasteiger partial charge in [-0.15, -0.1) is 0 Å². The van der Waals surface area contributed by atoms with E-state index in [0.717, 1.165) is 11.3 Å². The standard InChI is InChI=1S/C18H21ClN2O3/c1-12-4-5-13(19)10-15(12)20-9-8-18(22)21-16-11-14(23-2)6-7-17(16)24-3/h4-7,10-11,20H,8-9H2,1-3H3,(H,21,22). The van der Waals surface area contributed by atoms with Crippen molar-refractivity contribution in [2.24, 2.45) is 0 Å². The van der Waals surface area contributed by atoms with Crippen LogP contribution in [0.4, 0.5) is 11.4 Å². The molecule has 0 saturated heterocycles. The van der Waals surface area contributed by atoms with Gasteiger partial charge < -0.3 is 20.1 Å². The van der Waals surface area contributed by atoms with Gasteiger partial charge in [0.05, 0.1) is 19.9 Å². The number of hydrogen-bond acceptors (Lipinski definition) is 4. The number of halogens is 1. The summed E-state index contributed by atoms with van der Waals surface area (Å²) in [7, 11) is 3.13. The molecule has 2 aromatic carbocycles. The van der Waals surface area contributed by atoms with Gasteiger partial charge in [0.25, 0.3) is 0 Å². The Bertz CT molecular complexity index is 719. The number of anilines is 2. The van der Waals surface area contributed by atoms with Crippen LogP contribution in [-0.2, 0) is 4.79 Å². The fourth-order valence-corrected chi connectivity index (χ4v) is 2.39. The second-order valence-corrected chi connectivity index (χ2v) is 5.69. The Kier molecular flexibility index (Phi) is 6.32. The number of carbonyl (C=O) groups excluding carboxylic acids is 1. The third kappa shape index (κ3) is 4.80. The van der Waals surface area contributed by atoms with Gasteiger partial charge >= 0.3 is 0 Å². The molecule has 0 fully saturated rings. The molecule has 2 N–H and O–H groups in total. The van der Waals surface area contributed by atoms with Crippen LogP contribution in [-0.4, -0.2) is 26.7 Å². The Balaban J connectivity index is 1.93. The molecule has 2 rings (SSSR count). The molecule has 0 spiro atoms. The van der Waals surface area contributed by atoms with Crippen LogP contribution in [0.5, 0.6) is 11.5 Å². The lowest BCUT2D eigenvalue weighted by atomic mass is 10.2. The zero-order valence-electron chi connectivity index (χ0n) is 14.0. The summed E-state index contributed by atoms with van der Waals surface area (Å²) in [5.74, 6) is 1.12. The van der Waals surface area contributed by atoms with E-state index in [2.05, 4.69) is 10.6 Å². The maximum absolute atomic E-state index is 12.1. The molecule has 24 heavy (non-hydrogen) atoms. The van der Waals surface area contributed by atoms with Crippen LogP contribution in [0.2, 0.25) is 5.02 Å². The zero-order chi connectivity index (χ0) is 17.5. The van der Waals surface area contributed by atoms with E-state index in [1.807, 2.05) is 25.1 Å². The SMILES string of the molecule is COc1ccc(OC)c(NC(=O)CCNc2cc(Cl)ccc2C)c1. The molecular formula is C18H21ClN2O3. The highest BCUT2D eigenvalue weighted by Gasteiger charge is 2.09. The highest BCUT2D eigenvalue weighted by molar-refractivity contribution is 6.30. The van der Waals surface area contributed by atoms with E-state index in [1.54, 1.807) is 32.4 Å². The molecule has 0 saturated carbocycles. The summed E-state index contributed by atoms with van der Waals surface area (Å²) in [5.41, 5.74) is 2.59. The van der Waals surface area contributed by atoms with Gasteiger partial charge in [0.1, 0.15) is 11.5 Å². The number of nitrogens with one attached hydrogen (secondary N) is 2. The molecule has 0 heterocycles. The van der Waals surface area contributed by atoms with Gasteiger partial charge in [-0.3, -0.25) is 4.79 Å². The molecule has 5 nitrogen and oxygen atoms in total. The van der Waals surface area contributed by atoms with Gasteiger partial charge in [0.15, 0.2) is 0 Å². The molecule has 0 aliphatic carbocycles. The van der Waals surface area contributed by atoms with E-state index in [1.165, 1.54) is 0 Å². The van der Waals surface area contributed by atoms with Crippen molar-refractivity contribution in [3.05, 3.63) is 47.0 Å². The van der Waals surface area contributed by atoms with Crippen LogP contribution < -0.4 is 20.1 Å². The Morgan fingerprint density at radius 2 is 1.88 bits per heavy atom.